The number of hydrogen-bond donors (Lipinski definition) is 3. The fourth-order valence-electron chi connectivity index (χ4n) is 3.77. The van der Waals surface area contributed by atoms with Crippen molar-refractivity contribution < 1.29 is 18.7 Å². The molecule has 2 atom stereocenters. The fourth-order valence-corrected chi connectivity index (χ4v) is 3.77. The minimum atomic E-state index is -0.953. The van der Waals surface area contributed by atoms with E-state index in [-0.39, 0.29) is 25.3 Å². The number of rotatable bonds is 11. The zero-order valence-electron chi connectivity index (χ0n) is 18.7. The Balaban J connectivity index is 1.65. The summed E-state index contributed by atoms with van der Waals surface area (Å²) in [7, 11) is 0. The van der Waals surface area contributed by atoms with Crippen LogP contribution in [0.2, 0.25) is 0 Å². The van der Waals surface area contributed by atoms with Gasteiger partial charge >= 0.3 is 0 Å². The van der Waals surface area contributed by atoms with Crippen molar-refractivity contribution in [3.63, 3.8) is 0 Å². The van der Waals surface area contributed by atoms with Gasteiger partial charge in [0.2, 0.25) is 5.91 Å². The molecule has 0 aliphatic rings. The third-order valence-electron chi connectivity index (χ3n) is 5.48. The van der Waals surface area contributed by atoms with Crippen LogP contribution in [0.15, 0.2) is 72.8 Å². The standard InChI is InChI=1S/C27H30F2N2O2/c1-2-19-9-6-10-21(11-19)17-30-18-26(32)25(14-22-12-23(28)16-24(29)13-22)31-27(33)15-20-7-4-3-5-8-20/h3-13,16,25-26,30,32H,2,14-15,17-18H2,1H3,(H,31,33). The molecule has 3 rings (SSSR count). The van der Waals surface area contributed by atoms with Gasteiger partial charge in [0.25, 0.3) is 0 Å². The van der Waals surface area contributed by atoms with Gasteiger partial charge in [-0.1, -0.05) is 61.5 Å². The summed E-state index contributed by atoms with van der Waals surface area (Å²) in [6.07, 6.45) is 0.239. The Morgan fingerprint density at radius 2 is 1.55 bits per heavy atom. The monoisotopic (exact) mass is 452 g/mol. The van der Waals surface area contributed by atoms with Gasteiger partial charge in [0, 0.05) is 19.2 Å². The number of aliphatic hydroxyl groups is 1. The molecule has 0 bridgehead atoms. The summed E-state index contributed by atoms with van der Waals surface area (Å²) < 4.78 is 27.4. The van der Waals surface area contributed by atoms with Crippen molar-refractivity contribution in [1.29, 1.82) is 0 Å². The summed E-state index contributed by atoms with van der Waals surface area (Å²) in [6.45, 7) is 2.86. The number of nitrogens with one attached hydrogen (secondary N) is 2. The third kappa shape index (κ3) is 8.08. The number of halogens is 2. The van der Waals surface area contributed by atoms with Crippen LogP contribution in [-0.4, -0.2) is 29.7 Å². The minimum absolute atomic E-state index is 0.101. The molecule has 0 saturated carbocycles. The van der Waals surface area contributed by atoms with E-state index in [1.54, 1.807) is 0 Å². The van der Waals surface area contributed by atoms with E-state index in [4.69, 9.17) is 0 Å². The summed E-state index contributed by atoms with van der Waals surface area (Å²) in [6, 6.07) is 20.0. The van der Waals surface area contributed by atoms with Crippen LogP contribution in [0.4, 0.5) is 8.78 Å². The van der Waals surface area contributed by atoms with Crippen LogP contribution in [-0.2, 0) is 30.6 Å². The summed E-state index contributed by atoms with van der Waals surface area (Å²) in [5.74, 6) is -1.65. The highest BCUT2D eigenvalue weighted by molar-refractivity contribution is 5.79. The van der Waals surface area contributed by atoms with Gasteiger partial charge in [0.1, 0.15) is 11.6 Å². The molecule has 1 amide bonds. The number of aliphatic hydroxyl groups excluding tert-OH is 1. The predicted octanol–water partition coefficient (Wildman–Crippen LogP) is 3.95. The van der Waals surface area contributed by atoms with Crippen LogP contribution in [0.5, 0.6) is 0 Å². The van der Waals surface area contributed by atoms with E-state index >= 15 is 0 Å². The molecule has 0 heterocycles. The lowest BCUT2D eigenvalue weighted by Gasteiger charge is -2.25. The summed E-state index contributed by atoms with van der Waals surface area (Å²) >= 11 is 0. The average molecular weight is 453 g/mol. The van der Waals surface area contributed by atoms with Crippen molar-refractivity contribution in [2.75, 3.05) is 6.54 Å². The van der Waals surface area contributed by atoms with E-state index in [1.807, 2.05) is 42.5 Å². The fraction of sp³-hybridized carbons (Fsp3) is 0.296. The van der Waals surface area contributed by atoms with Crippen LogP contribution in [0.3, 0.4) is 0 Å². The average Bonchev–Trinajstić information content (AvgIpc) is 2.78. The Bertz CT molecular complexity index is 1020. The number of amides is 1. The highest BCUT2D eigenvalue weighted by atomic mass is 19.1. The molecule has 0 aliphatic carbocycles. The molecule has 4 nitrogen and oxygen atoms in total. The number of benzene rings is 3. The molecular weight excluding hydrogens is 422 g/mol. The first kappa shape index (κ1) is 24.6. The largest absolute Gasteiger partial charge is 0.390 e. The summed E-state index contributed by atoms with van der Waals surface area (Å²) in [5, 5.41) is 16.9. The molecule has 0 fully saturated rings. The highest BCUT2D eigenvalue weighted by Gasteiger charge is 2.22. The Labute approximate surface area is 193 Å². The normalized spacial score (nSPS) is 12.8. The second kappa shape index (κ2) is 12.2. The molecule has 2 unspecified atom stereocenters. The molecule has 33 heavy (non-hydrogen) atoms. The Morgan fingerprint density at radius 1 is 0.879 bits per heavy atom. The maximum atomic E-state index is 13.7. The summed E-state index contributed by atoms with van der Waals surface area (Å²) in [5.41, 5.74) is 3.54. The SMILES string of the molecule is CCc1cccc(CNCC(O)C(Cc2cc(F)cc(F)c2)NC(=O)Cc2ccccc2)c1. The Kier molecular flexibility index (Phi) is 9.10. The maximum absolute atomic E-state index is 13.7. The van der Waals surface area contributed by atoms with E-state index < -0.39 is 23.8 Å². The van der Waals surface area contributed by atoms with E-state index in [0.717, 1.165) is 23.6 Å². The van der Waals surface area contributed by atoms with Crippen molar-refractivity contribution >= 4 is 5.91 Å². The lowest BCUT2D eigenvalue weighted by molar-refractivity contribution is -0.122. The van der Waals surface area contributed by atoms with Crippen LogP contribution < -0.4 is 10.6 Å². The zero-order valence-corrected chi connectivity index (χ0v) is 18.7. The molecule has 174 valence electrons. The first-order valence-corrected chi connectivity index (χ1v) is 11.2. The lowest BCUT2D eigenvalue weighted by Crippen LogP contribution is -2.49. The molecule has 0 aliphatic heterocycles. The van der Waals surface area contributed by atoms with E-state index in [0.29, 0.717) is 12.1 Å². The Morgan fingerprint density at radius 3 is 2.24 bits per heavy atom. The van der Waals surface area contributed by atoms with Gasteiger partial charge in [-0.15, -0.1) is 0 Å². The molecular formula is C27H30F2N2O2. The van der Waals surface area contributed by atoms with Gasteiger partial charge < -0.3 is 15.7 Å². The lowest BCUT2D eigenvalue weighted by atomic mass is 10.00. The van der Waals surface area contributed by atoms with Gasteiger partial charge in [0.15, 0.2) is 0 Å². The van der Waals surface area contributed by atoms with E-state index in [9.17, 15) is 18.7 Å². The van der Waals surface area contributed by atoms with Gasteiger partial charge in [-0.2, -0.15) is 0 Å². The number of hydrogen-bond acceptors (Lipinski definition) is 3. The van der Waals surface area contributed by atoms with Gasteiger partial charge in [-0.05, 0) is 47.2 Å². The smallest absolute Gasteiger partial charge is 0.224 e. The highest BCUT2D eigenvalue weighted by Crippen LogP contribution is 2.13. The maximum Gasteiger partial charge on any atom is 0.224 e. The number of aryl methyl sites for hydroxylation is 1. The van der Waals surface area contributed by atoms with Gasteiger partial charge in [-0.3, -0.25) is 4.79 Å². The first-order valence-electron chi connectivity index (χ1n) is 11.2. The number of carbonyl (C=O) groups excluding carboxylic acids is 1. The molecule has 0 spiro atoms. The van der Waals surface area contributed by atoms with Crippen LogP contribution in [0, 0.1) is 11.6 Å². The molecule has 3 N–H and O–H groups in total. The second-order valence-electron chi connectivity index (χ2n) is 8.19. The minimum Gasteiger partial charge on any atom is -0.390 e. The van der Waals surface area contributed by atoms with Crippen molar-refractivity contribution in [1.82, 2.24) is 10.6 Å². The molecule has 0 radical (unpaired) electrons. The van der Waals surface area contributed by atoms with Crippen LogP contribution in [0.1, 0.15) is 29.2 Å². The van der Waals surface area contributed by atoms with E-state index in [1.165, 1.54) is 17.7 Å². The third-order valence-corrected chi connectivity index (χ3v) is 5.48. The number of carbonyl (C=O) groups is 1. The molecule has 3 aromatic rings. The molecule has 6 heteroatoms. The zero-order chi connectivity index (χ0) is 23.6. The first-order chi connectivity index (χ1) is 15.9. The van der Waals surface area contributed by atoms with Crippen LogP contribution >= 0.6 is 0 Å². The van der Waals surface area contributed by atoms with Crippen molar-refractivity contribution in [3.8, 4) is 0 Å². The molecule has 0 aromatic heterocycles. The predicted molar refractivity (Wildman–Crippen MR) is 126 cm³/mol. The Hall–Kier alpha value is -3.09. The van der Waals surface area contributed by atoms with E-state index in [2.05, 4.69) is 29.7 Å². The van der Waals surface area contributed by atoms with Gasteiger partial charge in [-0.25, -0.2) is 8.78 Å². The molecule has 3 aromatic carbocycles. The van der Waals surface area contributed by atoms with Crippen LogP contribution in [0.25, 0.3) is 0 Å². The van der Waals surface area contributed by atoms with Crippen molar-refractivity contribution in [2.24, 2.45) is 0 Å². The van der Waals surface area contributed by atoms with Crippen molar-refractivity contribution in [2.45, 2.75) is 44.9 Å². The van der Waals surface area contributed by atoms with Crippen molar-refractivity contribution in [3.05, 3.63) is 107 Å². The molecule has 0 saturated heterocycles. The summed E-state index contributed by atoms with van der Waals surface area (Å²) in [4.78, 5) is 12.6. The second-order valence-corrected chi connectivity index (χ2v) is 8.19. The topological polar surface area (TPSA) is 61.4 Å². The van der Waals surface area contributed by atoms with Gasteiger partial charge in [0.05, 0.1) is 18.6 Å². The quantitative estimate of drug-likeness (QED) is 0.413.